The highest BCUT2D eigenvalue weighted by Gasteiger charge is 2.02. The lowest BCUT2D eigenvalue weighted by Crippen LogP contribution is -1.97. The van der Waals surface area contributed by atoms with Gasteiger partial charge in [0.05, 0.1) is 4.90 Å². The largest absolute Gasteiger partial charge is 0.491 e. The number of pyridine rings is 1. The Morgan fingerprint density at radius 1 is 1.21 bits per heavy atom. The number of nitrogens with zero attached hydrogens (tertiary/aromatic N) is 3. The van der Waals surface area contributed by atoms with Crippen LogP contribution in [0, 0.1) is 6.92 Å². The molecule has 5 nitrogen and oxygen atoms in total. The average Bonchev–Trinajstić information content (AvgIpc) is 2.40. The van der Waals surface area contributed by atoms with E-state index in [1.54, 1.807) is 36.7 Å². The van der Waals surface area contributed by atoms with Gasteiger partial charge in [-0.15, -0.1) is 0 Å². The van der Waals surface area contributed by atoms with Crippen molar-refractivity contribution in [2.24, 2.45) is 5.10 Å². The molecule has 0 aliphatic rings. The van der Waals surface area contributed by atoms with Gasteiger partial charge >= 0.3 is 0 Å². The van der Waals surface area contributed by atoms with Crippen LogP contribution in [0.25, 0.3) is 4.83 Å². The second kappa shape index (κ2) is 5.62. The molecular weight excluding hydrogens is 262 g/mol. The van der Waals surface area contributed by atoms with Crippen molar-refractivity contribution in [3.8, 4) is 0 Å². The SMILES string of the molecule is Cc1ccc(S(=O)(=O)[N-]/N=C/c2cccnc2)cc1. The van der Waals surface area contributed by atoms with Crippen molar-refractivity contribution in [1.82, 2.24) is 4.98 Å². The molecule has 0 bridgehead atoms. The predicted octanol–water partition coefficient (Wildman–Crippen LogP) is 2.49. The number of aromatic nitrogens is 1. The first-order chi connectivity index (χ1) is 9.08. The van der Waals surface area contributed by atoms with Crippen LogP contribution in [-0.4, -0.2) is 19.6 Å². The van der Waals surface area contributed by atoms with Gasteiger partial charge in [0, 0.05) is 24.2 Å². The van der Waals surface area contributed by atoms with Crippen LogP contribution < -0.4 is 0 Å². The van der Waals surface area contributed by atoms with E-state index in [2.05, 4.69) is 14.9 Å². The van der Waals surface area contributed by atoms with Crippen molar-refractivity contribution < 1.29 is 8.42 Å². The van der Waals surface area contributed by atoms with Gasteiger partial charge in [0.1, 0.15) is 10.0 Å². The van der Waals surface area contributed by atoms with Gasteiger partial charge in [-0.05, 0) is 25.1 Å². The molecule has 0 atom stereocenters. The maximum atomic E-state index is 11.8. The van der Waals surface area contributed by atoms with Crippen molar-refractivity contribution in [3.05, 3.63) is 64.7 Å². The Labute approximate surface area is 112 Å². The van der Waals surface area contributed by atoms with Crippen molar-refractivity contribution in [2.45, 2.75) is 11.8 Å². The number of aryl methyl sites for hydroxylation is 1. The molecule has 1 aromatic heterocycles. The van der Waals surface area contributed by atoms with Crippen molar-refractivity contribution in [2.75, 3.05) is 0 Å². The second-order valence-electron chi connectivity index (χ2n) is 3.90. The van der Waals surface area contributed by atoms with Crippen molar-refractivity contribution >= 4 is 16.2 Å². The van der Waals surface area contributed by atoms with E-state index in [1.165, 1.54) is 18.3 Å². The van der Waals surface area contributed by atoms with Gasteiger partial charge in [0.15, 0.2) is 0 Å². The van der Waals surface area contributed by atoms with E-state index in [4.69, 9.17) is 0 Å². The third-order valence-electron chi connectivity index (χ3n) is 2.36. The molecule has 0 fully saturated rings. The lowest BCUT2D eigenvalue weighted by molar-refractivity contribution is 0.602. The Balaban J connectivity index is 2.10. The zero-order valence-electron chi connectivity index (χ0n) is 10.3. The molecule has 0 aliphatic carbocycles. The third-order valence-corrected chi connectivity index (χ3v) is 3.54. The number of benzene rings is 1. The molecule has 0 saturated carbocycles. The van der Waals surface area contributed by atoms with Gasteiger partial charge in [0.25, 0.3) is 0 Å². The van der Waals surface area contributed by atoms with Crippen LogP contribution >= 0.6 is 0 Å². The minimum absolute atomic E-state index is 0.126. The summed E-state index contributed by atoms with van der Waals surface area (Å²) in [6.07, 6.45) is 4.54. The molecule has 0 spiro atoms. The fraction of sp³-hybridized carbons (Fsp3) is 0.0769. The highest BCUT2D eigenvalue weighted by Crippen LogP contribution is 2.17. The maximum absolute atomic E-state index is 11.8. The number of hydrogen-bond donors (Lipinski definition) is 0. The van der Waals surface area contributed by atoms with E-state index in [0.717, 1.165) is 5.56 Å². The lowest BCUT2D eigenvalue weighted by atomic mass is 10.2. The quantitative estimate of drug-likeness (QED) is 0.635. The van der Waals surface area contributed by atoms with Gasteiger partial charge < -0.3 is 9.93 Å². The Kier molecular flexibility index (Phi) is 3.91. The topological polar surface area (TPSA) is 73.5 Å². The molecule has 98 valence electrons. The molecule has 1 aromatic carbocycles. The van der Waals surface area contributed by atoms with E-state index in [9.17, 15) is 8.42 Å². The molecule has 0 saturated heterocycles. The van der Waals surface area contributed by atoms with Crippen LogP contribution in [0.15, 0.2) is 58.8 Å². The molecule has 6 heteroatoms. The molecular formula is C13H12N3O2S-. The first kappa shape index (κ1) is 13.2. The Morgan fingerprint density at radius 2 is 1.95 bits per heavy atom. The Bertz CT molecular complexity index is 665. The van der Waals surface area contributed by atoms with Gasteiger partial charge in [-0.25, -0.2) is 8.42 Å². The lowest BCUT2D eigenvalue weighted by Gasteiger charge is -2.15. The summed E-state index contributed by atoms with van der Waals surface area (Å²) in [6, 6.07) is 9.93. The predicted molar refractivity (Wildman–Crippen MR) is 73.6 cm³/mol. The molecule has 1 heterocycles. The standard InChI is InChI=1S/C13H12N3O2S/c1-11-4-6-13(7-5-11)19(17,18)16-15-10-12-3-2-8-14-9-12/h2-10H,1H3/q-1/b15-10+. The zero-order chi connectivity index (χ0) is 13.7. The summed E-state index contributed by atoms with van der Waals surface area (Å²) in [7, 11) is -3.74. The van der Waals surface area contributed by atoms with Crippen molar-refractivity contribution in [3.63, 3.8) is 0 Å². The Morgan fingerprint density at radius 3 is 2.58 bits per heavy atom. The smallest absolute Gasteiger partial charge is 0.135 e. The number of rotatable bonds is 4. The molecule has 19 heavy (non-hydrogen) atoms. The van der Waals surface area contributed by atoms with Crippen LogP contribution in [-0.2, 0) is 10.0 Å². The minimum Gasteiger partial charge on any atom is -0.491 e. The van der Waals surface area contributed by atoms with E-state index < -0.39 is 10.0 Å². The summed E-state index contributed by atoms with van der Waals surface area (Å²) < 4.78 is 23.7. The maximum Gasteiger partial charge on any atom is 0.135 e. The summed E-state index contributed by atoms with van der Waals surface area (Å²) in [5.74, 6) is 0. The third kappa shape index (κ3) is 3.62. The summed E-state index contributed by atoms with van der Waals surface area (Å²) in [6.45, 7) is 1.88. The normalized spacial score (nSPS) is 11.6. The molecule has 2 rings (SSSR count). The zero-order valence-corrected chi connectivity index (χ0v) is 11.1. The summed E-state index contributed by atoms with van der Waals surface area (Å²) >= 11 is 0. The van der Waals surface area contributed by atoms with E-state index in [0.29, 0.717) is 5.56 Å². The average molecular weight is 274 g/mol. The Hall–Kier alpha value is -2.21. The highest BCUT2D eigenvalue weighted by molar-refractivity contribution is 7.93. The van der Waals surface area contributed by atoms with E-state index >= 15 is 0 Å². The highest BCUT2D eigenvalue weighted by atomic mass is 32.2. The van der Waals surface area contributed by atoms with Crippen LogP contribution in [0.2, 0.25) is 0 Å². The molecule has 0 radical (unpaired) electrons. The first-order valence-electron chi connectivity index (χ1n) is 5.55. The van der Waals surface area contributed by atoms with Crippen LogP contribution in [0.1, 0.15) is 11.1 Å². The van der Waals surface area contributed by atoms with Gasteiger partial charge in [-0.1, -0.05) is 23.8 Å². The second-order valence-corrected chi connectivity index (χ2v) is 5.49. The van der Waals surface area contributed by atoms with Gasteiger partial charge in [0.2, 0.25) is 0 Å². The van der Waals surface area contributed by atoms with E-state index in [-0.39, 0.29) is 4.90 Å². The number of hydrogen-bond acceptors (Lipinski definition) is 4. The molecule has 0 amide bonds. The van der Waals surface area contributed by atoms with Crippen molar-refractivity contribution in [1.29, 1.82) is 0 Å². The fourth-order valence-electron chi connectivity index (χ4n) is 1.36. The number of sulfonamides is 1. The minimum atomic E-state index is -3.74. The fourth-order valence-corrected chi connectivity index (χ4v) is 2.11. The van der Waals surface area contributed by atoms with Gasteiger partial charge in [-0.2, -0.15) is 0 Å². The molecule has 0 aliphatic heterocycles. The summed E-state index contributed by atoms with van der Waals surface area (Å²) in [5.41, 5.74) is 1.67. The molecule has 2 aromatic rings. The molecule has 0 N–H and O–H groups in total. The van der Waals surface area contributed by atoms with Crippen LogP contribution in [0.4, 0.5) is 0 Å². The van der Waals surface area contributed by atoms with Gasteiger partial charge in [-0.3, -0.25) is 4.98 Å². The van der Waals surface area contributed by atoms with Crippen LogP contribution in [0.3, 0.4) is 0 Å². The van der Waals surface area contributed by atoms with Crippen LogP contribution in [0.5, 0.6) is 0 Å². The summed E-state index contributed by atoms with van der Waals surface area (Å²) in [5, 5.41) is 3.58. The summed E-state index contributed by atoms with van der Waals surface area (Å²) in [4.78, 5) is 7.38. The molecule has 0 unspecified atom stereocenters. The monoisotopic (exact) mass is 274 g/mol. The van der Waals surface area contributed by atoms with E-state index in [1.807, 2.05) is 6.92 Å². The first-order valence-corrected chi connectivity index (χ1v) is 6.99.